The van der Waals surface area contributed by atoms with Crippen LogP contribution in [-0.4, -0.2) is 15.5 Å². The monoisotopic (exact) mass is 331 g/mol. The molecule has 2 aromatic carbocycles. The number of aromatic nitrogens is 2. The smallest absolute Gasteiger partial charge is 0.269 e. The number of amides is 1. The number of halogens is 2. The highest BCUT2D eigenvalue weighted by Gasteiger charge is 2.12. The first-order valence-corrected chi connectivity index (χ1v) is 7.12. The molecule has 0 saturated carbocycles. The van der Waals surface area contributed by atoms with Gasteiger partial charge in [-0.15, -0.1) is 0 Å². The molecule has 0 spiro atoms. The van der Waals surface area contributed by atoms with Crippen molar-refractivity contribution in [2.24, 2.45) is 0 Å². The van der Waals surface area contributed by atoms with Gasteiger partial charge in [-0.25, -0.2) is 9.37 Å². The lowest BCUT2D eigenvalue weighted by atomic mass is 10.3. The SMILES string of the molecule is O=C(Cn1c(=O)cnc2ccccc21)Nc1cccc(Cl)c1F. The molecule has 0 saturated heterocycles. The van der Waals surface area contributed by atoms with Crippen LogP contribution in [0.15, 0.2) is 53.5 Å². The van der Waals surface area contributed by atoms with Gasteiger partial charge in [-0.3, -0.25) is 14.2 Å². The molecule has 0 bridgehead atoms. The number of benzene rings is 2. The Balaban J connectivity index is 1.90. The van der Waals surface area contributed by atoms with E-state index in [2.05, 4.69) is 10.3 Å². The predicted molar refractivity (Wildman–Crippen MR) is 86.0 cm³/mol. The van der Waals surface area contributed by atoms with Gasteiger partial charge in [0.05, 0.1) is 27.9 Å². The number of para-hydroxylation sites is 2. The maximum Gasteiger partial charge on any atom is 0.269 e. The molecule has 3 rings (SSSR count). The summed E-state index contributed by atoms with van der Waals surface area (Å²) in [5.74, 6) is -1.25. The summed E-state index contributed by atoms with van der Waals surface area (Å²) in [6.07, 6.45) is 1.15. The summed E-state index contributed by atoms with van der Waals surface area (Å²) in [5, 5.41) is 2.32. The molecule has 5 nitrogen and oxygen atoms in total. The van der Waals surface area contributed by atoms with Crippen LogP contribution in [0.1, 0.15) is 0 Å². The molecule has 116 valence electrons. The zero-order valence-electron chi connectivity index (χ0n) is 11.8. The number of carbonyl (C=O) groups excluding carboxylic acids is 1. The standard InChI is InChI=1S/C16H11ClFN3O2/c17-10-4-3-6-12(16(10)18)20-14(22)9-21-13-7-2-1-5-11(13)19-8-15(21)23/h1-8H,9H2,(H,20,22). The maximum absolute atomic E-state index is 13.8. The molecule has 0 radical (unpaired) electrons. The average molecular weight is 332 g/mol. The van der Waals surface area contributed by atoms with E-state index >= 15 is 0 Å². The van der Waals surface area contributed by atoms with Gasteiger partial charge >= 0.3 is 0 Å². The first-order valence-electron chi connectivity index (χ1n) is 6.75. The summed E-state index contributed by atoms with van der Waals surface area (Å²) >= 11 is 5.67. The Hall–Kier alpha value is -2.73. The molecular weight excluding hydrogens is 321 g/mol. The largest absolute Gasteiger partial charge is 0.322 e. The second-order valence-electron chi connectivity index (χ2n) is 4.82. The van der Waals surface area contributed by atoms with Gasteiger partial charge in [-0.1, -0.05) is 29.8 Å². The van der Waals surface area contributed by atoms with Crippen molar-refractivity contribution in [3.63, 3.8) is 0 Å². The highest BCUT2D eigenvalue weighted by atomic mass is 35.5. The van der Waals surface area contributed by atoms with E-state index in [1.165, 1.54) is 22.8 Å². The third-order valence-electron chi connectivity index (χ3n) is 3.28. The van der Waals surface area contributed by atoms with E-state index in [0.717, 1.165) is 6.20 Å². The Morgan fingerprint density at radius 2 is 2.00 bits per heavy atom. The number of carbonyl (C=O) groups is 1. The molecular formula is C16H11ClFN3O2. The molecule has 1 amide bonds. The molecule has 0 aliphatic heterocycles. The Morgan fingerprint density at radius 3 is 2.83 bits per heavy atom. The van der Waals surface area contributed by atoms with E-state index in [4.69, 9.17) is 11.6 Å². The molecule has 3 aromatic rings. The summed E-state index contributed by atoms with van der Waals surface area (Å²) in [4.78, 5) is 28.1. The van der Waals surface area contributed by atoms with Crippen LogP contribution in [0.3, 0.4) is 0 Å². The van der Waals surface area contributed by atoms with Gasteiger partial charge in [0.15, 0.2) is 5.82 Å². The van der Waals surface area contributed by atoms with E-state index in [1.807, 2.05) is 0 Å². The van der Waals surface area contributed by atoms with Gasteiger partial charge < -0.3 is 5.32 Å². The van der Waals surface area contributed by atoms with Crippen LogP contribution in [0, 0.1) is 5.82 Å². The van der Waals surface area contributed by atoms with Crippen molar-refractivity contribution in [2.75, 3.05) is 5.32 Å². The van der Waals surface area contributed by atoms with Crippen LogP contribution < -0.4 is 10.9 Å². The molecule has 1 heterocycles. The van der Waals surface area contributed by atoms with Crippen LogP contribution in [0.25, 0.3) is 11.0 Å². The molecule has 0 aliphatic carbocycles. The van der Waals surface area contributed by atoms with E-state index in [0.29, 0.717) is 11.0 Å². The number of fused-ring (bicyclic) bond motifs is 1. The topological polar surface area (TPSA) is 64.0 Å². The summed E-state index contributed by atoms with van der Waals surface area (Å²) in [5.41, 5.74) is 0.676. The quantitative estimate of drug-likeness (QED) is 0.802. The van der Waals surface area contributed by atoms with Gasteiger partial charge in [-0.2, -0.15) is 0 Å². The first kappa shape index (κ1) is 15.2. The second kappa shape index (κ2) is 6.18. The van der Waals surface area contributed by atoms with E-state index in [1.54, 1.807) is 24.3 Å². The van der Waals surface area contributed by atoms with Crippen molar-refractivity contribution in [3.8, 4) is 0 Å². The van der Waals surface area contributed by atoms with Crippen LogP contribution in [0.5, 0.6) is 0 Å². The number of anilines is 1. The zero-order chi connectivity index (χ0) is 16.4. The molecule has 0 atom stereocenters. The Bertz CT molecular complexity index is 955. The molecule has 1 aromatic heterocycles. The van der Waals surface area contributed by atoms with Gasteiger partial charge in [0.25, 0.3) is 5.56 Å². The van der Waals surface area contributed by atoms with E-state index < -0.39 is 17.3 Å². The zero-order valence-corrected chi connectivity index (χ0v) is 12.5. The van der Waals surface area contributed by atoms with Crippen molar-refractivity contribution >= 4 is 34.2 Å². The van der Waals surface area contributed by atoms with Crippen molar-refractivity contribution in [3.05, 3.63) is 69.9 Å². The highest BCUT2D eigenvalue weighted by Crippen LogP contribution is 2.22. The Labute approximate surface area is 135 Å². The predicted octanol–water partition coefficient (Wildman–Crippen LogP) is 2.83. The Kier molecular flexibility index (Phi) is 4.08. The fourth-order valence-electron chi connectivity index (χ4n) is 2.21. The average Bonchev–Trinajstić information content (AvgIpc) is 2.54. The lowest BCUT2D eigenvalue weighted by Crippen LogP contribution is -2.28. The third-order valence-corrected chi connectivity index (χ3v) is 3.57. The number of rotatable bonds is 3. The second-order valence-corrected chi connectivity index (χ2v) is 5.23. The van der Waals surface area contributed by atoms with Crippen LogP contribution in [0.4, 0.5) is 10.1 Å². The lowest BCUT2D eigenvalue weighted by Gasteiger charge is -2.10. The number of nitrogens with one attached hydrogen (secondary N) is 1. The van der Waals surface area contributed by atoms with Gasteiger partial charge in [0, 0.05) is 0 Å². The third kappa shape index (κ3) is 3.07. The van der Waals surface area contributed by atoms with Crippen molar-refractivity contribution in [1.82, 2.24) is 9.55 Å². The van der Waals surface area contributed by atoms with Crippen LogP contribution >= 0.6 is 11.6 Å². The molecule has 0 unspecified atom stereocenters. The normalized spacial score (nSPS) is 10.7. The minimum Gasteiger partial charge on any atom is -0.322 e. The molecule has 7 heteroatoms. The van der Waals surface area contributed by atoms with Gasteiger partial charge in [0.2, 0.25) is 5.91 Å². The fraction of sp³-hybridized carbons (Fsp3) is 0.0625. The molecule has 0 aliphatic rings. The van der Waals surface area contributed by atoms with Gasteiger partial charge in [-0.05, 0) is 24.3 Å². The van der Waals surface area contributed by atoms with Crippen molar-refractivity contribution in [1.29, 1.82) is 0 Å². The van der Waals surface area contributed by atoms with Crippen LogP contribution in [0.2, 0.25) is 5.02 Å². The van der Waals surface area contributed by atoms with Crippen LogP contribution in [-0.2, 0) is 11.3 Å². The molecule has 0 fully saturated rings. The maximum atomic E-state index is 13.8. The lowest BCUT2D eigenvalue weighted by molar-refractivity contribution is -0.116. The van der Waals surface area contributed by atoms with Crippen molar-refractivity contribution < 1.29 is 9.18 Å². The minimum atomic E-state index is -0.713. The Morgan fingerprint density at radius 1 is 1.22 bits per heavy atom. The first-order chi connectivity index (χ1) is 11.1. The number of hydrogen-bond acceptors (Lipinski definition) is 3. The van der Waals surface area contributed by atoms with E-state index in [9.17, 15) is 14.0 Å². The molecule has 1 N–H and O–H groups in total. The number of hydrogen-bond donors (Lipinski definition) is 1. The number of nitrogens with zero attached hydrogens (tertiary/aromatic N) is 2. The summed E-state index contributed by atoms with van der Waals surface area (Å²) in [6.45, 7) is -0.256. The summed E-state index contributed by atoms with van der Waals surface area (Å²) in [7, 11) is 0. The highest BCUT2D eigenvalue weighted by molar-refractivity contribution is 6.31. The fourth-order valence-corrected chi connectivity index (χ4v) is 2.39. The van der Waals surface area contributed by atoms with Gasteiger partial charge in [0.1, 0.15) is 6.54 Å². The van der Waals surface area contributed by atoms with Crippen molar-refractivity contribution in [2.45, 2.75) is 6.54 Å². The minimum absolute atomic E-state index is 0.0334. The molecule has 23 heavy (non-hydrogen) atoms. The summed E-state index contributed by atoms with van der Waals surface area (Å²) < 4.78 is 15.1. The summed E-state index contributed by atoms with van der Waals surface area (Å²) in [6, 6.07) is 11.3. The van der Waals surface area contributed by atoms with E-state index in [-0.39, 0.29) is 17.3 Å².